The van der Waals surface area contributed by atoms with E-state index in [9.17, 15) is 0 Å². The van der Waals surface area contributed by atoms with Crippen LogP contribution in [0.1, 0.15) is 43.5 Å². The predicted molar refractivity (Wildman–Crippen MR) is 111 cm³/mol. The van der Waals surface area contributed by atoms with Gasteiger partial charge in [0.1, 0.15) is 23.4 Å². The molecule has 6 heteroatoms. The first-order valence-corrected chi connectivity index (χ1v) is 10.1. The molecule has 2 N–H and O–H groups in total. The number of imidazole rings is 1. The highest BCUT2D eigenvalue weighted by molar-refractivity contribution is 5.86. The summed E-state index contributed by atoms with van der Waals surface area (Å²) >= 11 is 0. The summed E-state index contributed by atoms with van der Waals surface area (Å²) in [5.41, 5.74) is 10.6. The summed E-state index contributed by atoms with van der Waals surface area (Å²) in [4.78, 5) is 13.1. The molecule has 144 valence electrons. The number of hydrogen-bond acceptors (Lipinski definition) is 4. The first-order valence-electron chi connectivity index (χ1n) is 10.1. The van der Waals surface area contributed by atoms with Gasteiger partial charge in [0.15, 0.2) is 0 Å². The van der Waals surface area contributed by atoms with E-state index >= 15 is 0 Å². The Bertz CT molecular complexity index is 1140. The van der Waals surface area contributed by atoms with E-state index in [1.54, 1.807) is 6.33 Å². The second-order valence-electron chi connectivity index (χ2n) is 8.30. The van der Waals surface area contributed by atoms with Crippen molar-refractivity contribution in [3.05, 3.63) is 54.4 Å². The number of aromatic nitrogens is 5. The quantitative estimate of drug-likeness (QED) is 0.581. The molecule has 1 aliphatic rings. The molecule has 0 saturated heterocycles. The van der Waals surface area contributed by atoms with Crippen LogP contribution in [0.2, 0.25) is 0 Å². The van der Waals surface area contributed by atoms with Gasteiger partial charge < -0.3 is 14.7 Å². The van der Waals surface area contributed by atoms with Crippen molar-refractivity contribution in [1.29, 1.82) is 0 Å². The predicted octanol–water partition coefficient (Wildman–Crippen LogP) is 4.19. The van der Waals surface area contributed by atoms with E-state index in [0.717, 1.165) is 29.0 Å². The van der Waals surface area contributed by atoms with Gasteiger partial charge in [-0.05, 0) is 68.2 Å². The third kappa shape index (κ3) is 2.84. The lowest BCUT2D eigenvalue weighted by Gasteiger charge is -2.18. The Hall–Kier alpha value is -2.89. The minimum Gasteiger partial charge on any atom is -0.383 e. The van der Waals surface area contributed by atoms with Crippen LogP contribution in [0.25, 0.3) is 16.7 Å². The van der Waals surface area contributed by atoms with Crippen LogP contribution in [0.15, 0.2) is 43.1 Å². The fraction of sp³-hybridized carbons (Fsp3) is 0.409. The van der Waals surface area contributed by atoms with Crippen molar-refractivity contribution in [3.63, 3.8) is 0 Å². The van der Waals surface area contributed by atoms with Gasteiger partial charge >= 0.3 is 0 Å². The summed E-state index contributed by atoms with van der Waals surface area (Å²) in [6.07, 6.45) is 12.5. The number of nitrogen functional groups attached to an aromatic ring is 1. The smallest absolute Gasteiger partial charge is 0.145 e. The Balaban J connectivity index is 1.30. The lowest BCUT2D eigenvalue weighted by atomic mass is 9.97. The average molecular weight is 374 g/mol. The van der Waals surface area contributed by atoms with E-state index in [-0.39, 0.29) is 0 Å². The van der Waals surface area contributed by atoms with Crippen molar-refractivity contribution in [2.24, 2.45) is 11.8 Å². The molecule has 6 nitrogen and oxygen atoms in total. The summed E-state index contributed by atoms with van der Waals surface area (Å²) in [5, 5.41) is 0.960. The molecule has 1 fully saturated rings. The highest BCUT2D eigenvalue weighted by atomic mass is 15.1. The fourth-order valence-corrected chi connectivity index (χ4v) is 4.91. The number of rotatable bonds is 4. The van der Waals surface area contributed by atoms with Gasteiger partial charge in [0, 0.05) is 30.3 Å². The van der Waals surface area contributed by atoms with Gasteiger partial charge in [-0.3, -0.25) is 0 Å². The molecule has 4 aromatic heterocycles. The fourth-order valence-electron chi connectivity index (χ4n) is 4.91. The molecule has 4 heterocycles. The third-order valence-electron chi connectivity index (χ3n) is 6.44. The second kappa shape index (κ2) is 6.62. The highest BCUT2D eigenvalue weighted by Gasteiger charge is 2.33. The number of pyridine rings is 1. The molecule has 1 aliphatic carbocycles. The van der Waals surface area contributed by atoms with Crippen LogP contribution in [0.5, 0.6) is 0 Å². The van der Waals surface area contributed by atoms with Gasteiger partial charge in [-0.1, -0.05) is 6.92 Å². The lowest BCUT2D eigenvalue weighted by molar-refractivity contribution is 0.415. The molecular weight excluding hydrogens is 348 g/mol. The topological polar surface area (TPSA) is 74.0 Å². The van der Waals surface area contributed by atoms with Crippen LogP contribution in [-0.2, 0) is 6.42 Å². The summed E-state index contributed by atoms with van der Waals surface area (Å²) < 4.78 is 4.46. The van der Waals surface area contributed by atoms with Gasteiger partial charge in [-0.25, -0.2) is 15.0 Å². The number of nitrogens with two attached hydrogens (primary N) is 1. The Morgan fingerprint density at radius 2 is 2.04 bits per heavy atom. The van der Waals surface area contributed by atoms with Crippen LogP contribution in [-0.4, -0.2) is 23.9 Å². The zero-order valence-corrected chi connectivity index (χ0v) is 16.4. The van der Waals surface area contributed by atoms with Gasteiger partial charge in [-0.2, -0.15) is 0 Å². The van der Waals surface area contributed by atoms with E-state index < -0.39 is 0 Å². The van der Waals surface area contributed by atoms with Crippen LogP contribution in [0.4, 0.5) is 5.82 Å². The van der Waals surface area contributed by atoms with Crippen molar-refractivity contribution >= 4 is 22.5 Å². The first-order chi connectivity index (χ1) is 13.6. The molecule has 5 rings (SSSR count). The number of hydrogen-bond donors (Lipinski definition) is 1. The maximum absolute atomic E-state index is 6.01. The molecular formula is C22H26N6. The van der Waals surface area contributed by atoms with Gasteiger partial charge in [0.05, 0.1) is 5.39 Å². The molecule has 4 aromatic rings. The monoisotopic (exact) mass is 374 g/mol. The summed E-state index contributed by atoms with van der Waals surface area (Å²) in [6.45, 7) is 4.45. The van der Waals surface area contributed by atoms with E-state index in [1.807, 2.05) is 12.3 Å². The largest absolute Gasteiger partial charge is 0.383 e. The summed E-state index contributed by atoms with van der Waals surface area (Å²) in [5.74, 6) is 1.93. The summed E-state index contributed by atoms with van der Waals surface area (Å²) in [7, 11) is 0. The maximum Gasteiger partial charge on any atom is 0.145 e. The standard InChI is InChI=1S/C22H26N6/c1-14-9-17(4-3-16-5-7-27-15(2)12-24-20(27)11-16)10-19(14)28-8-6-18-21(23)25-13-26-22(18)28/h5-8,11-14,17,19H,3-4,9-10H2,1-2H3,(H2,23,25,26). The number of anilines is 1. The minimum absolute atomic E-state index is 0.481. The van der Waals surface area contributed by atoms with Gasteiger partial charge in [0.2, 0.25) is 0 Å². The Morgan fingerprint density at radius 1 is 1.14 bits per heavy atom. The molecule has 0 spiro atoms. The zero-order valence-electron chi connectivity index (χ0n) is 16.4. The first kappa shape index (κ1) is 17.2. The van der Waals surface area contributed by atoms with Crippen LogP contribution >= 0.6 is 0 Å². The number of fused-ring (bicyclic) bond motifs is 2. The van der Waals surface area contributed by atoms with E-state index in [0.29, 0.717) is 17.8 Å². The van der Waals surface area contributed by atoms with Crippen LogP contribution < -0.4 is 5.73 Å². The minimum atomic E-state index is 0.481. The van der Waals surface area contributed by atoms with Gasteiger partial charge in [-0.15, -0.1) is 0 Å². The Labute approximate surface area is 164 Å². The third-order valence-corrected chi connectivity index (χ3v) is 6.44. The van der Waals surface area contributed by atoms with Crippen molar-refractivity contribution in [2.45, 2.75) is 45.6 Å². The molecule has 0 bridgehead atoms. The molecule has 3 unspecified atom stereocenters. The number of nitrogens with zero attached hydrogens (tertiary/aromatic N) is 5. The maximum atomic E-state index is 6.01. The van der Waals surface area contributed by atoms with E-state index in [4.69, 9.17) is 5.73 Å². The normalized spacial score (nSPS) is 22.4. The second-order valence-corrected chi connectivity index (χ2v) is 8.30. The SMILES string of the molecule is Cc1cnc2cc(CCC3CC(C)C(n4ccc5c(N)ncnc54)C3)ccn12. The Kier molecular flexibility index (Phi) is 4.07. The van der Waals surface area contributed by atoms with E-state index in [2.05, 4.69) is 62.3 Å². The zero-order chi connectivity index (χ0) is 19.3. The van der Waals surface area contributed by atoms with E-state index in [1.165, 1.54) is 30.5 Å². The number of aryl methyl sites for hydroxylation is 2. The van der Waals surface area contributed by atoms with Crippen LogP contribution in [0.3, 0.4) is 0 Å². The average Bonchev–Trinajstić information content (AvgIpc) is 3.38. The van der Waals surface area contributed by atoms with Crippen molar-refractivity contribution in [1.82, 2.24) is 23.9 Å². The molecule has 3 atom stereocenters. The van der Waals surface area contributed by atoms with Crippen molar-refractivity contribution in [3.8, 4) is 0 Å². The molecule has 28 heavy (non-hydrogen) atoms. The molecule has 0 aliphatic heterocycles. The molecule has 0 amide bonds. The van der Waals surface area contributed by atoms with Crippen molar-refractivity contribution in [2.75, 3.05) is 5.73 Å². The Morgan fingerprint density at radius 3 is 2.93 bits per heavy atom. The van der Waals surface area contributed by atoms with Crippen molar-refractivity contribution < 1.29 is 0 Å². The molecule has 0 aromatic carbocycles. The van der Waals surface area contributed by atoms with Crippen LogP contribution in [0, 0.1) is 18.8 Å². The molecule has 0 radical (unpaired) electrons. The molecule has 1 saturated carbocycles. The van der Waals surface area contributed by atoms with Gasteiger partial charge in [0.25, 0.3) is 0 Å². The lowest BCUT2D eigenvalue weighted by Crippen LogP contribution is -2.11. The highest BCUT2D eigenvalue weighted by Crippen LogP contribution is 2.43. The summed E-state index contributed by atoms with van der Waals surface area (Å²) in [6, 6.07) is 6.99.